The number of carbonyl (C=O) groups excluding carboxylic acids is 2. The number of hydrogen-bond donors (Lipinski definition) is 2. The zero-order chi connectivity index (χ0) is 36.6. The van der Waals surface area contributed by atoms with E-state index in [9.17, 15) is 37.3 Å². The van der Waals surface area contributed by atoms with E-state index in [1.165, 1.54) is 24.0 Å². The summed E-state index contributed by atoms with van der Waals surface area (Å²) in [4.78, 5) is 42.6. The lowest BCUT2D eigenvalue weighted by Gasteiger charge is -2.39. The molecule has 3 rings (SSSR count). The molecule has 1 aliphatic rings. The Kier molecular flexibility index (Phi) is 10.7. The molecule has 17 heteroatoms. The first-order valence-corrected chi connectivity index (χ1v) is 17.8. The van der Waals surface area contributed by atoms with E-state index in [0.717, 1.165) is 6.07 Å². The number of alkyl halides is 3. The second-order valence-electron chi connectivity index (χ2n) is 14.0. The molecule has 264 valence electrons. The van der Waals surface area contributed by atoms with Crippen molar-refractivity contribution in [1.82, 2.24) is 10.2 Å². The average molecular weight is 702 g/mol. The molecular formula is C31H40F5N5O6Si. The summed E-state index contributed by atoms with van der Waals surface area (Å²) in [5, 5.41) is 16.0. The first-order chi connectivity index (χ1) is 21.8. The van der Waals surface area contributed by atoms with Gasteiger partial charge in [-0.05, 0) is 58.0 Å². The van der Waals surface area contributed by atoms with Crippen LogP contribution in [0.4, 0.5) is 43.8 Å². The van der Waals surface area contributed by atoms with Crippen LogP contribution in [0.15, 0.2) is 35.3 Å². The molecule has 0 unspecified atom stereocenters. The van der Waals surface area contributed by atoms with Gasteiger partial charge in [-0.2, -0.15) is 13.2 Å². The first-order valence-electron chi connectivity index (χ1n) is 14.9. The van der Waals surface area contributed by atoms with Crippen molar-refractivity contribution in [2.45, 2.75) is 90.3 Å². The van der Waals surface area contributed by atoms with Crippen LogP contribution in [-0.2, 0) is 25.7 Å². The lowest BCUT2D eigenvalue weighted by Crippen LogP contribution is -2.55. The van der Waals surface area contributed by atoms with Crippen molar-refractivity contribution in [1.29, 1.82) is 0 Å². The predicted octanol–water partition coefficient (Wildman–Crippen LogP) is 7.99. The van der Waals surface area contributed by atoms with Crippen molar-refractivity contribution in [3.8, 4) is 0 Å². The summed E-state index contributed by atoms with van der Waals surface area (Å²) >= 11 is 0. The molecule has 0 bridgehead atoms. The minimum atomic E-state index is -5.38. The number of alkyl carbamates (subject to hydrolysis) is 1. The molecule has 48 heavy (non-hydrogen) atoms. The third kappa shape index (κ3) is 8.66. The molecule has 0 saturated carbocycles. The Morgan fingerprint density at radius 2 is 1.73 bits per heavy atom. The summed E-state index contributed by atoms with van der Waals surface area (Å²) in [6, 6.07) is 4.27. The van der Waals surface area contributed by atoms with Gasteiger partial charge in [0.25, 0.3) is 5.69 Å². The van der Waals surface area contributed by atoms with Crippen LogP contribution < -0.4 is 10.6 Å². The number of nitrogens with zero attached hydrogens (tertiary/aromatic N) is 3. The number of carbonyl (C=O) groups is 2. The number of rotatable bonds is 8. The number of benzene rings is 2. The molecule has 2 N–H and O–H groups in total. The monoisotopic (exact) mass is 701 g/mol. The maximum Gasteiger partial charge on any atom is 0.421 e. The molecule has 11 nitrogen and oxygen atoms in total. The van der Waals surface area contributed by atoms with Gasteiger partial charge in [-0.3, -0.25) is 25.1 Å². The highest BCUT2D eigenvalue weighted by Gasteiger charge is 2.44. The van der Waals surface area contributed by atoms with E-state index in [1.54, 1.807) is 20.8 Å². The Morgan fingerprint density at radius 1 is 1.10 bits per heavy atom. The van der Waals surface area contributed by atoms with Crippen LogP contribution in [0.5, 0.6) is 0 Å². The van der Waals surface area contributed by atoms with Crippen LogP contribution in [0.3, 0.4) is 0 Å². The minimum absolute atomic E-state index is 0.0242. The van der Waals surface area contributed by atoms with Crippen molar-refractivity contribution in [3.63, 3.8) is 0 Å². The maximum atomic E-state index is 16.2. The number of amides is 2. The van der Waals surface area contributed by atoms with Gasteiger partial charge in [0.2, 0.25) is 11.9 Å². The SMILES string of the molecule is CC(C)(C)OC(=O)NC1=N[C@](C)(c2cccc(Nc3c([N+](=O)[O-])ccc(F)c3C(F)(F)F)c2F)CC(=O)N1CCO[Si](C)(C)C(C)(C)C. The van der Waals surface area contributed by atoms with Gasteiger partial charge in [-0.25, -0.2) is 18.6 Å². The molecule has 2 amide bonds. The van der Waals surface area contributed by atoms with Gasteiger partial charge in [-0.15, -0.1) is 0 Å². The smallest absolute Gasteiger partial charge is 0.421 e. The number of nitrogens with one attached hydrogen (secondary N) is 2. The molecule has 2 aromatic rings. The largest absolute Gasteiger partial charge is 0.444 e. The van der Waals surface area contributed by atoms with Crippen LogP contribution in [0.2, 0.25) is 18.1 Å². The highest BCUT2D eigenvalue weighted by Crippen LogP contribution is 2.44. The summed E-state index contributed by atoms with van der Waals surface area (Å²) in [5.41, 5.74) is -8.08. The number of ether oxygens (including phenoxy) is 1. The van der Waals surface area contributed by atoms with Gasteiger partial charge in [0.1, 0.15) is 22.7 Å². The molecule has 0 fully saturated rings. The number of guanidine groups is 1. The lowest BCUT2D eigenvalue weighted by atomic mass is 9.86. The minimum Gasteiger partial charge on any atom is -0.444 e. The third-order valence-electron chi connectivity index (χ3n) is 8.05. The fourth-order valence-corrected chi connectivity index (χ4v) is 5.66. The second kappa shape index (κ2) is 13.4. The highest BCUT2D eigenvalue weighted by atomic mass is 28.4. The summed E-state index contributed by atoms with van der Waals surface area (Å²) in [6.45, 7) is 16.5. The van der Waals surface area contributed by atoms with E-state index in [4.69, 9.17) is 9.16 Å². The van der Waals surface area contributed by atoms with Crippen molar-refractivity contribution in [2.75, 3.05) is 18.5 Å². The van der Waals surface area contributed by atoms with E-state index >= 15 is 4.39 Å². The molecule has 0 radical (unpaired) electrons. The van der Waals surface area contributed by atoms with Crippen LogP contribution >= 0.6 is 0 Å². The summed E-state index contributed by atoms with van der Waals surface area (Å²) in [5.74, 6) is -3.89. The molecular weight excluding hydrogens is 661 g/mol. The molecule has 0 spiro atoms. The molecule has 2 aromatic carbocycles. The van der Waals surface area contributed by atoms with Crippen molar-refractivity contribution in [2.24, 2.45) is 4.99 Å². The lowest BCUT2D eigenvalue weighted by molar-refractivity contribution is -0.384. The Hall–Kier alpha value is -4.12. The van der Waals surface area contributed by atoms with Gasteiger partial charge in [-0.1, -0.05) is 32.9 Å². The summed E-state index contributed by atoms with van der Waals surface area (Å²) < 4.78 is 83.6. The van der Waals surface area contributed by atoms with E-state index < -0.39 is 83.2 Å². The number of hydrogen-bond acceptors (Lipinski definition) is 8. The average Bonchev–Trinajstić information content (AvgIpc) is 2.88. The Morgan fingerprint density at radius 3 is 2.27 bits per heavy atom. The number of nitro groups is 1. The number of halogens is 5. The van der Waals surface area contributed by atoms with E-state index in [-0.39, 0.29) is 29.7 Å². The van der Waals surface area contributed by atoms with Gasteiger partial charge in [0.05, 0.1) is 35.7 Å². The summed E-state index contributed by atoms with van der Waals surface area (Å²) in [6.07, 6.45) is -6.78. The molecule has 1 heterocycles. The van der Waals surface area contributed by atoms with E-state index in [2.05, 4.69) is 15.6 Å². The molecule has 0 aromatic heterocycles. The maximum absolute atomic E-state index is 16.2. The molecule has 1 aliphatic heterocycles. The van der Waals surface area contributed by atoms with E-state index in [0.29, 0.717) is 12.1 Å². The van der Waals surface area contributed by atoms with Gasteiger partial charge < -0.3 is 14.5 Å². The summed E-state index contributed by atoms with van der Waals surface area (Å²) in [7, 11) is -2.24. The predicted molar refractivity (Wildman–Crippen MR) is 171 cm³/mol. The van der Waals surface area contributed by atoms with Crippen molar-refractivity contribution >= 4 is 43.3 Å². The zero-order valence-corrected chi connectivity index (χ0v) is 29.2. The molecule has 0 aliphatic carbocycles. The van der Waals surface area contributed by atoms with Crippen LogP contribution in [-0.4, -0.2) is 54.9 Å². The fourth-order valence-electron chi connectivity index (χ4n) is 4.63. The van der Waals surface area contributed by atoms with E-state index in [1.807, 2.05) is 33.9 Å². The van der Waals surface area contributed by atoms with Gasteiger partial charge in [0.15, 0.2) is 14.1 Å². The Bertz CT molecular complexity index is 1620. The van der Waals surface area contributed by atoms with Crippen molar-refractivity contribution in [3.05, 3.63) is 63.2 Å². The zero-order valence-electron chi connectivity index (χ0n) is 28.2. The van der Waals surface area contributed by atoms with Crippen LogP contribution in [0, 0.1) is 21.7 Å². The fraction of sp³-hybridized carbons (Fsp3) is 0.516. The van der Waals surface area contributed by atoms with Gasteiger partial charge >= 0.3 is 12.3 Å². The standard InChI is InChI=1S/C31H40F5N5O6Si/c1-28(2,3)47-27(43)38-26-39-30(7,17-22(42)40(26)15-16-46-48(8,9)29(4,5)6)18-11-10-12-20(24(18)33)37-25-21(41(44)45)14-13-19(32)23(25)31(34,35)36/h10-14,37H,15-17H2,1-9H3,(H,38,39,43)/t30-/m0/s1. The Balaban J connectivity index is 2.10. The molecule has 1 atom stereocenters. The highest BCUT2D eigenvalue weighted by molar-refractivity contribution is 6.74. The Labute approximate surface area is 276 Å². The number of aliphatic imine (C=N–C) groups is 1. The number of nitro benzene ring substituents is 1. The topological polar surface area (TPSA) is 135 Å². The molecule has 0 saturated heterocycles. The van der Waals surface area contributed by atoms with Crippen molar-refractivity contribution < 1.29 is 45.6 Å². The van der Waals surface area contributed by atoms with Gasteiger partial charge in [0, 0.05) is 11.6 Å². The normalized spacial score (nSPS) is 17.6. The van der Waals surface area contributed by atoms with Crippen LogP contribution in [0.1, 0.15) is 66.0 Å². The second-order valence-corrected chi connectivity index (χ2v) is 18.8. The quantitative estimate of drug-likeness (QED) is 0.123. The third-order valence-corrected chi connectivity index (χ3v) is 12.6. The number of anilines is 2. The first kappa shape index (κ1) is 38.3. The van der Waals surface area contributed by atoms with Crippen LogP contribution in [0.25, 0.3) is 0 Å².